The Balaban J connectivity index is 0.00000225. The molecule has 3 N–H and O–H groups in total. The first-order chi connectivity index (χ1) is 11.8. The number of guanidine groups is 1. The molecule has 134 valence electrons. The van der Waals surface area contributed by atoms with Crippen molar-refractivity contribution in [3.63, 3.8) is 0 Å². The highest BCUT2D eigenvalue weighted by atomic mass is 127. The average molecular weight is 451 g/mol. The molecule has 0 atom stereocenters. The summed E-state index contributed by atoms with van der Waals surface area (Å²) in [5, 5.41) is 3.21. The van der Waals surface area contributed by atoms with Gasteiger partial charge in [0.2, 0.25) is 0 Å². The standard InChI is InChI=1S/C20H25N3O.HI/c21-20(22-13-16-7-4-8-16)23-14-17-9-11-19(12-10-17)24-15-18-5-2-1-3-6-18;/h1-3,5-6,9-12,16H,4,7-8,13-15H2,(H3,21,22,23);1H. The van der Waals surface area contributed by atoms with Crippen LogP contribution in [0.1, 0.15) is 30.4 Å². The van der Waals surface area contributed by atoms with Crippen LogP contribution < -0.4 is 15.8 Å². The van der Waals surface area contributed by atoms with Crippen LogP contribution in [0.15, 0.2) is 59.6 Å². The molecule has 0 spiro atoms. The fraction of sp³-hybridized carbons (Fsp3) is 0.350. The second-order valence-corrected chi connectivity index (χ2v) is 6.30. The normalized spacial score (nSPS) is 14.3. The second kappa shape index (κ2) is 10.3. The molecular formula is C20H26IN3O. The maximum atomic E-state index is 5.90. The van der Waals surface area contributed by atoms with E-state index in [1.807, 2.05) is 42.5 Å². The van der Waals surface area contributed by atoms with E-state index in [1.165, 1.54) is 19.3 Å². The summed E-state index contributed by atoms with van der Waals surface area (Å²) in [7, 11) is 0. The molecular weight excluding hydrogens is 425 g/mol. The first-order valence-corrected chi connectivity index (χ1v) is 8.59. The van der Waals surface area contributed by atoms with Crippen LogP contribution in [-0.2, 0) is 13.2 Å². The van der Waals surface area contributed by atoms with Crippen molar-refractivity contribution < 1.29 is 4.74 Å². The number of aliphatic imine (C=N–C) groups is 1. The highest BCUT2D eigenvalue weighted by Crippen LogP contribution is 2.25. The largest absolute Gasteiger partial charge is 0.489 e. The van der Waals surface area contributed by atoms with Crippen molar-refractivity contribution in [2.45, 2.75) is 32.4 Å². The van der Waals surface area contributed by atoms with Crippen molar-refractivity contribution >= 4 is 29.9 Å². The van der Waals surface area contributed by atoms with Gasteiger partial charge in [0.05, 0.1) is 6.54 Å². The first kappa shape index (κ1) is 19.6. The molecule has 4 nitrogen and oxygen atoms in total. The molecule has 2 aromatic rings. The third-order valence-corrected chi connectivity index (χ3v) is 4.40. The van der Waals surface area contributed by atoms with E-state index in [9.17, 15) is 0 Å². The maximum Gasteiger partial charge on any atom is 0.188 e. The predicted octanol–water partition coefficient (Wildman–Crippen LogP) is 4.09. The fourth-order valence-electron chi connectivity index (χ4n) is 2.61. The van der Waals surface area contributed by atoms with E-state index in [0.717, 1.165) is 29.3 Å². The monoisotopic (exact) mass is 451 g/mol. The zero-order valence-electron chi connectivity index (χ0n) is 14.4. The maximum absolute atomic E-state index is 5.90. The van der Waals surface area contributed by atoms with Crippen LogP contribution in [0.5, 0.6) is 5.75 Å². The Hall–Kier alpha value is -1.76. The Labute approximate surface area is 166 Å². The van der Waals surface area contributed by atoms with E-state index in [1.54, 1.807) is 0 Å². The van der Waals surface area contributed by atoms with Crippen molar-refractivity contribution in [1.82, 2.24) is 5.32 Å². The van der Waals surface area contributed by atoms with Gasteiger partial charge >= 0.3 is 0 Å². The number of nitrogens with one attached hydrogen (secondary N) is 1. The van der Waals surface area contributed by atoms with E-state index < -0.39 is 0 Å². The summed E-state index contributed by atoms with van der Waals surface area (Å²) >= 11 is 0. The molecule has 3 rings (SSSR count). The second-order valence-electron chi connectivity index (χ2n) is 6.30. The van der Waals surface area contributed by atoms with Gasteiger partial charge in [0.15, 0.2) is 5.96 Å². The summed E-state index contributed by atoms with van der Waals surface area (Å²) in [5.74, 6) is 2.17. The van der Waals surface area contributed by atoms with Crippen molar-refractivity contribution in [1.29, 1.82) is 0 Å². The van der Waals surface area contributed by atoms with Crippen LogP contribution in [-0.4, -0.2) is 12.5 Å². The Bertz CT molecular complexity index is 654. The molecule has 0 aromatic heterocycles. The smallest absolute Gasteiger partial charge is 0.188 e. The lowest BCUT2D eigenvalue weighted by Crippen LogP contribution is -2.37. The van der Waals surface area contributed by atoms with Crippen molar-refractivity contribution in [2.75, 3.05) is 6.54 Å². The molecule has 0 amide bonds. The van der Waals surface area contributed by atoms with Crippen LogP contribution in [0.25, 0.3) is 0 Å². The van der Waals surface area contributed by atoms with E-state index in [-0.39, 0.29) is 24.0 Å². The number of rotatable bonds is 7. The molecule has 25 heavy (non-hydrogen) atoms. The SMILES string of the molecule is I.NC(=NCc1ccc(OCc2ccccc2)cc1)NCC1CCC1. The zero-order chi connectivity index (χ0) is 16.6. The van der Waals surface area contributed by atoms with Gasteiger partial charge in [-0.15, -0.1) is 24.0 Å². The summed E-state index contributed by atoms with van der Waals surface area (Å²) < 4.78 is 5.78. The number of nitrogens with two attached hydrogens (primary N) is 1. The Morgan fingerprint density at radius 2 is 1.76 bits per heavy atom. The lowest BCUT2D eigenvalue weighted by atomic mass is 9.85. The minimum atomic E-state index is 0. The Kier molecular flexibility index (Phi) is 8.04. The van der Waals surface area contributed by atoms with Gasteiger partial charge in [-0.25, -0.2) is 4.99 Å². The average Bonchev–Trinajstić information content (AvgIpc) is 2.58. The van der Waals surface area contributed by atoms with Crippen molar-refractivity contribution in [3.05, 3.63) is 65.7 Å². The van der Waals surface area contributed by atoms with Crippen LogP contribution >= 0.6 is 24.0 Å². The summed E-state index contributed by atoms with van der Waals surface area (Å²) in [6.07, 6.45) is 3.97. The molecule has 0 aliphatic heterocycles. The van der Waals surface area contributed by atoms with Crippen molar-refractivity contribution in [3.8, 4) is 5.75 Å². The summed E-state index contributed by atoms with van der Waals surface area (Å²) in [5.41, 5.74) is 8.19. The zero-order valence-corrected chi connectivity index (χ0v) is 16.7. The summed E-state index contributed by atoms with van der Waals surface area (Å²) in [4.78, 5) is 4.39. The number of hydrogen-bond acceptors (Lipinski definition) is 2. The first-order valence-electron chi connectivity index (χ1n) is 8.59. The number of ether oxygens (including phenoxy) is 1. The van der Waals surface area contributed by atoms with E-state index in [4.69, 9.17) is 10.5 Å². The molecule has 0 unspecified atom stereocenters. The number of hydrogen-bond donors (Lipinski definition) is 2. The van der Waals surface area contributed by atoms with E-state index in [0.29, 0.717) is 19.1 Å². The number of halogens is 1. The third kappa shape index (κ3) is 6.57. The van der Waals surface area contributed by atoms with Gasteiger partial charge in [-0.3, -0.25) is 0 Å². The third-order valence-electron chi connectivity index (χ3n) is 4.40. The van der Waals surface area contributed by atoms with Gasteiger partial charge in [-0.2, -0.15) is 0 Å². The molecule has 5 heteroatoms. The molecule has 1 saturated carbocycles. The molecule has 0 heterocycles. The molecule has 0 saturated heterocycles. The van der Waals surface area contributed by atoms with Crippen LogP contribution in [0.4, 0.5) is 0 Å². The highest BCUT2D eigenvalue weighted by molar-refractivity contribution is 14.0. The quantitative estimate of drug-likeness (QED) is 0.379. The van der Waals surface area contributed by atoms with Gasteiger partial charge < -0.3 is 15.8 Å². The fourth-order valence-corrected chi connectivity index (χ4v) is 2.61. The Morgan fingerprint density at radius 3 is 2.40 bits per heavy atom. The molecule has 1 fully saturated rings. The summed E-state index contributed by atoms with van der Waals surface area (Å²) in [6, 6.07) is 18.2. The molecule has 1 aliphatic carbocycles. The van der Waals surface area contributed by atoms with E-state index in [2.05, 4.69) is 22.4 Å². The minimum Gasteiger partial charge on any atom is -0.489 e. The van der Waals surface area contributed by atoms with Gasteiger partial charge in [-0.05, 0) is 42.0 Å². The number of nitrogens with zero attached hydrogens (tertiary/aromatic N) is 1. The van der Waals surface area contributed by atoms with Crippen LogP contribution in [0.3, 0.4) is 0 Å². The lowest BCUT2D eigenvalue weighted by molar-refractivity contribution is 0.306. The lowest BCUT2D eigenvalue weighted by Gasteiger charge is -2.25. The van der Waals surface area contributed by atoms with Gasteiger partial charge in [0.25, 0.3) is 0 Å². The molecule has 0 radical (unpaired) electrons. The van der Waals surface area contributed by atoms with E-state index >= 15 is 0 Å². The Morgan fingerprint density at radius 1 is 1.04 bits per heavy atom. The minimum absolute atomic E-state index is 0. The number of benzene rings is 2. The van der Waals surface area contributed by atoms with Gasteiger partial charge in [0.1, 0.15) is 12.4 Å². The van der Waals surface area contributed by atoms with Gasteiger partial charge in [0, 0.05) is 6.54 Å². The molecule has 2 aromatic carbocycles. The van der Waals surface area contributed by atoms with Crippen LogP contribution in [0.2, 0.25) is 0 Å². The predicted molar refractivity (Wildman–Crippen MR) is 113 cm³/mol. The van der Waals surface area contributed by atoms with Gasteiger partial charge in [-0.1, -0.05) is 48.9 Å². The highest BCUT2D eigenvalue weighted by Gasteiger charge is 2.16. The van der Waals surface area contributed by atoms with Crippen LogP contribution in [0, 0.1) is 5.92 Å². The molecule has 0 bridgehead atoms. The molecule has 1 aliphatic rings. The summed E-state index contributed by atoms with van der Waals surface area (Å²) in [6.45, 7) is 2.11. The van der Waals surface area contributed by atoms with Crippen molar-refractivity contribution in [2.24, 2.45) is 16.6 Å². The topological polar surface area (TPSA) is 59.6 Å².